The van der Waals surface area contributed by atoms with Gasteiger partial charge in [-0.1, -0.05) is 23.7 Å². The van der Waals surface area contributed by atoms with Crippen LogP contribution in [0.15, 0.2) is 36.4 Å². The number of rotatable bonds is 4. The van der Waals surface area contributed by atoms with Crippen LogP contribution in [0.3, 0.4) is 0 Å². The molecule has 1 N–H and O–H groups in total. The van der Waals surface area contributed by atoms with Gasteiger partial charge in [-0.3, -0.25) is 0 Å². The van der Waals surface area contributed by atoms with Gasteiger partial charge in [0.15, 0.2) is 0 Å². The molecule has 100 valence electrons. The maximum absolute atomic E-state index is 13.2. The second-order valence-electron chi connectivity index (χ2n) is 4.28. The van der Waals surface area contributed by atoms with E-state index in [0.717, 1.165) is 17.0 Å². The molecular formula is C15H15ClFNO. The molecule has 0 unspecified atom stereocenters. The standard InChI is InChI=1S/C15H15ClFNO/c1-10-7-11(3-6-14(10)17)9-18-15-8-12(19-2)4-5-13(15)16/h3-8,18H,9H2,1-2H3. The van der Waals surface area contributed by atoms with Gasteiger partial charge in [0, 0.05) is 12.6 Å². The fraction of sp³-hybridized carbons (Fsp3) is 0.200. The highest BCUT2D eigenvalue weighted by Gasteiger charge is 2.03. The highest BCUT2D eigenvalue weighted by atomic mass is 35.5. The van der Waals surface area contributed by atoms with E-state index in [1.165, 1.54) is 6.07 Å². The van der Waals surface area contributed by atoms with Gasteiger partial charge in [0.25, 0.3) is 0 Å². The fourth-order valence-corrected chi connectivity index (χ4v) is 1.97. The fourth-order valence-electron chi connectivity index (χ4n) is 1.78. The predicted molar refractivity (Wildman–Crippen MR) is 76.5 cm³/mol. The molecule has 0 saturated heterocycles. The number of ether oxygens (including phenoxy) is 1. The molecule has 0 aliphatic heterocycles. The van der Waals surface area contributed by atoms with Gasteiger partial charge < -0.3 is 10.1 Å². The summed E-state index contributed by atoms with van der Waals surface area (Å²) in [6.45, 7) is 2.32. The second-order valence-corrected chi connectivity index (χ2v) is 4.69. The zero-order valence-electron chi connectivity index (χ0n) is 10.8. The Morgan fingerprint density at radius 2 is 2.00 bits per heavy atom. The number of methoxy groups -OCH3 is 1. The van der Waals surface area contributed by atoms with E-state index in [2.05, 4.69) is 5.32 Å². The molecule has 19 heavy (non-hydrogen) atoms. The van der Waals surface area contributed by atoms with Crippen molar-refractivity contribution in [3.05, 3.63) is 58.4 Å². The summed E-state index contributed by atoms with van der Waals surface area (Å²) in [5, 5.41) is 3.84. The van der Waals surface area contributed by atoms with Gasteiger partial charge in [0.2, 0.25) is 0 Å². The summed E-state index contributed by atoms with van der Waals surface area (Å²) in [6, 6.07) is 10.5. The molecule has 2 rings (SSSR count). The van der Waals surface area contributed by atoms with Gasteiger partial charge in [-0.05, 0) is 36.2 Å². The first-order valence-corrected chi connectivity index (χ1v) is 6.30. The summed E-state index contributed by atoms with van der Waals surface area (Å²) >= 11 is 6.10. The molecule has 0 bridgehead atoms. The molecule has 0 radical (unpaired) electrons. The Hall–Kier alpha value is -1.74. The lowest BCUT2D eigenvalue weighted by Crippen LogP contribution is -2.01. The molecule has 0 atom stereocenters. The van der Waals surface area contributed by atoms with Crippen molar-refractivity contribution < 1.29 is 9.13 Å². The van der Waals surface area contributed by atoms with E-state index in [0.29, 0.717) is 17.1 Å². The minimum Gasteiger partial charge on any atom is -0.497 e. The zero-order chi connectivity index (χ0) is 13.8. The molecule has 0 heterocycles. The monoisotopic (exact) mass is 279 g/mol. The number of hydrogen-bond donors (Lipinski definition) is 1. The Balaban J connectivity index is 2.11. The lowest BCUT2D eigenvalue weighted by atomic mass is 10.1. The van der Waals surface area contributed by atoms with E-state index in [4.69, 9.17) is 16.3 Å². The summed E-state index contributed by atoms with van der Waals surface area (Å²) in [5.74, 6) is 0.547. The van der Waals surface area contributed by atoms with E-state index in [1.54, 1.807) is 32.2 Å². The van der Waals surface area contributed by atoms with Gasteiger partial charge >= 0.3 is 0 Å². The van der Waals surface area contributed by atoms with Crippen LogP contribution < -0.4 is 10.1 Å². The third-order valence-electron chi connectivity index (χ3n) is 2.88. The maximum atomic E-state index is 13.2. The van der Waals surface area contributed by atoms with Crippen molar-refractivity contribution in [1.82, 2.24) is 0 Å². The molecule has 0 saturated carbocycles. The number of aryl methyl sites for hydroxylation is 1. The molecule has 0 aliphatic carbocycles. The molecule has 2 aromatic rings. The Kier molecular flexibility index (Phi) is 4.27. The molecule has 0 spiro atoms. The van der Waals surface area contributed by atoms with Gasteiger partial charge in [-0.25, -0.2) is 4.39 Å². The molecule has 0 aromatic heterocycles. The summed E-state index contributed by atoms with van der Waals surface area (Å²) in [4.78, 5) is 0. The van der Waals surface area contributed by atoms with Crippen molar-refractivity contribution in [1.29, 1.82) is 0 Å². The minimum atomic E-state index is -0.192. The lowest BCUT2D eigenvalue weighted by Gasteiger charge is -2.10. The average molecular weight is 280 g/mol. The van der Waals surface area contributed by atoms with Crippen LogP contribution in [0.25, 0.3) is 0 Å². The van der Waals surface area contributed by atoms with Crippen LogP contribution in [0, 0.1) is 12.7 Å². The molecule has 0 fully saturated rings. The molecule has 0 aliphatic rings. The SMILES string of the molecule is COc1ccc(Cl)c(NCc2ccc(F)c(C)c2)c1. The Labute approximate surface area is 117 Å². The highest BCUT2D eigenvalue weighted by Crippen LogP contribution is 2.27. The third kappa shape index (κ3) is 3.38. The van der Waals surface area contributed by atoms with Gasteiger partial charge in [-0.15, -0.1) is 0 Å². The van der Waals surface area contributed by atoms with Crippen LogP contribution in [0.5, 0.6) is 5.75 Å². The first-order chi connectivity index (χ1) is 9.10. The van der Waals surface area contributed by atoms with Crippen LogP contribution in [0.2, 0.25) is 5.02 Å². The van der Waals surface area contributed by atoms with E-state index in [9.17, 15) is 4.39 Å². The normalized spacial score (nSPS) is 10.3. The number of halogens is 2. The third-order valence-corrected chi connectivity index (χ3v) is 3.21. The Morgan fingerprint density at radius 3 is 2.68 bits per heavy atom. The summed E-state index contributed by atoms with van der Waals surface area (Å²) in [5.41, 5.74) is 2.43. The summed E-state index contributed by atoms with van der Waals surface area (Å²) < 4.78 is 18.3. The van der Waals surface area contributed by atoms with Crippen molar-refractivity contribution in [3.8, 4) is 5.75 Å². The molecule has 2 aromatic carbocycles. The Morgan fingerprint density at radius 1 is 1.21 bits per heavy atom. The summed E-state index contributed by atoms with van der Waals surface area (Å²) in [6.07, 6.45) is 0. The lowest BCUT2D eigenvalue weighted by molar-refractivity contribution is 0.415. The van der Waals surface area contributed by atoms with Crippen LogP contribution in [0.1, 0.15) is 11.1 Å². The largest absolute Gasteiger partial charge is 0.497 e. The number of benzene rings is 2. The first-order valence-electron chi connectivity index (χ1n) is 5.92. The van der Waals surface area contributed by atoms with Gasteiger partial charge in [-0.2, -0.15) is 0 Å². The van der Waals surface area contributed by atoms with Crippen molar-refractivity contribution in [3.63, 3.8) is 0 Å². The predicted octanol–water partition coefficient (Wildman–Crippen LogP) is 4.41. The maximum Gasteiger partial charge on any atom is 0.126 e. The second kappa shape index (κ2) is 5.93. The van der Waals surface area contributed by atoms with Crippen molar-refractivity contribution in [2.24, 2.45) is 0 Å². The molecular weight excluding hydrogens is 265 g/mol. The molecule has 2 nitrogen and oxygen atoms in total. The van der Waals surface area contributed by atoms with E-state index in [1.807, 2.05) is 12.1 Å². The van der Waals surface area contributed by atoms with Gasteiger partial charge in [0.05, 0.1) is 17.8 Å². The van der Waals surface area contributed by atoms with Gasteiger partial charge in [0.1, 0.15) is 11.6 Å². The number of anilines is 1. The summed E-state index contributed by atoms with van der Waals surface area (Å²) in [7, 11) is 1.61. The minimum absolute atomic E-state index is 0.192. The van der Waals surface area contributed by atoms with E-state index in [-0.39, 0.29) is 5.82 Å². The highest BCUT2D eigenvalue weighted by molar-refractivity contribution is 6.33. The average Bonchev–Trinajstić information content (AvgIpc) is 2.41. The van der Waals surface area contributed by atoms with Crippen molar-refractivity contribution in [2.45, 2.75) is 13.5 Å². The van der Waals surface area contributed by atoms with Crippen LogP contribution >= 0.6 is 11.6 Å². The smallest absolute Gasteiger partial charge is 0.126 e. The molecule has 0 amide bonds. The Bertz CT molecular complexity index is 586. The van der Waals surface area contributed by atoms with Crippen LogP contribution in [-0.4, -0.2) is 7.11 Å². The number of nitrogens with one attached hydrogen (secondary N) is 1. The zero-order valence-corrected chi connectivity index (χ0v) is 11.6. The van der Waals surface area contributed by atoms with Crippen molar-refractivity contribution in [2.75, 3.05) is 12.4 Å². The quantitative estimate of drug-likeness (QED) is 0.895. The van der Waals surface area contributed by atoms with Crippen LogP contribution in [-0.2, 0) is 6.54 Å². The number of hydrogen-bond acceptors (Lipinski definition) is 2. The topological polar surface area (TPSA) is 21.3 Å². The first kappa shape index (κ1) is 13.7. The van der Waals surface area contributed by atoms with Crippen molar-refractivity contribution >= 4 is 17.3 Å². The van der Waals surface area contributed by atoms with E-state index < -0.39 is 0 Å². The molecule has 4 heteroatoms. The van der Waals surface area contributed by atoms with Crippen LogP contribution in [0.4, 0.5) is 10.1 Å². The van der Waals surface area contributed by atoms with E-state index >= 15 is 0 Å².